The van der Waals surface area contributed by atoms with Gasteiger partial charge in [0.15, 0.2) is 5.65 Å². The number of aromatic nitrogens is 3. The Bertz CT molecular complexity index is 1350. The lowest BCUT2D eigenvalue weighted by molar-refractivity contribution is -0.125. The molecule has 0 atom stereocenters. The van der Waals surface area contributed by atoms with Crippen LogP contribution in [0.5, 0.6) is 0 Å². The first-order chi connectivity index (χ1) is 17.6. The van der Waals surface area contributed by atoms with E-state index in [9.17, 15) is 4.79 Å². The molecule has 2 aromatic carbocycles. The smallest absolute Gasteiger partial charge is 0.223 e. The van der Waals surface area contributed by atoms with Crippen LogP contribution in [0.3, 0.4) is 0 Å². The molecule has 1 fully saturated rings. The highest BCUT2D eigenvalue weighted by Gasteiger charge is 2.19. The predicted molar refractivity (Wildman–Crippen MR) is 148 cm³/mol. The van der Waals surface area contributed by atoms with Gasteiger partial charge in [-0.1, -0.05) is 79.7 Å². The maximum atomic E-state index is 12.6. The van der Waals surface area contributed by atoms with Gasteiger partial charge in [-0.05, 0) is 35.5 Å². The average Bonchev–Trinajstić information content (AvgIpc) is 3.09. The fourth-order valence-corrected chi connectivity index (χ4v) is 5.08. The lowest BCUT2D eigenvalue weighted by atomic mass is 9.99. The number of carbonyl (C=O) groups excluding carboxylic acids is 1. The Hall–Kier alpha value is -3.32. The molecule has 1 saturated carbocycles. The highest BCUT2D eigenvalue weighted by atomic mass is 35.5. The lowest BCUT2D eigenvalue weighted by Crippen LogP contribution is -2.30. The van der Waals surface area contributed by atoms with Gasteiger partial charge in [-0.15, -0.1) is 0 Å². The zero-order valence-electron chi connectivity index (χ0n) is 20.6. The first-order valence-electron chi connectivity index (χ1n) is 12.8. The van der Waals surface area contributed by atoms with Gasteiger partial charge in [-0.2, -0.15) is 9.61 Å². The summed E-state index contributed by atoms with van der Waals surface area (Å²) in [6.45, 7) is 1.20. The monoisotopic (exact) mass is 499 g/mol. The number of anilines is 1. The molecule has 2 N–H and O–H groups in total. The molecule has 2 heterocycles. The Morgan fingerprint density at radius 2 is 1.69 bits per heavy atom. The van der Waals surface area contributed by atoms with Crippen LogP contribution < -0.4 is 16.1 Å². The summed E-state index contributed by atoms with van der Waals surface area (Å²) >= 11 is 6.45. The zero-order valence-corrected chi connectivity index (χ0v) is 21.4. The SMILES string of the molecule is Bc1cnn2c(NCc3ccc(CNC(=O)C4CCCCCC4)cc3)cc(-c3ccccc3Cl)nc12. The molecular formula is C28H31BClN5O. The summed E-state index contributed by atoms with van der Waals surface area (Å²) in [7, 11) is 2.00. The van der Waals surface area contributed by atoms with Gasteiger partial charge in [0.2, 0.25) is 5.91 Å². The molecule has 0 saturated heterocycles. The van der Waals surface area contributed by atoms with Crippen molar-refractivity contribution in [3.63, 3.8) is 0 Å². The van der Waals surface area contributed by atoms with E-state index in [-0.39, 0.29) is 11.8 Å². The highest BCUT2D eigenvalue weighted by Crippen LogP contribution is 2.28. The van der Waals surface area contributed by atoms with Gasteiger partial charge in [-0.25, -0.2) is 4.98 Å². The van der Waals surface area contributed by atoms with Crippen LogP contribution in [-0.2, 0) is 17.9 Å². The minimum absolute atomic E-state index is 0.176. The molecule has 5 rings (SSSR count). The lowest BCUT2D eigenvalue weighted by Gasteiger charge is -2.14. The van der Waals surface area contributed by atoms with E-state index in [1.54, 1.807) is 0 Å². The van der Waals surface area contributed by atoms with Crippen molar-refractivity contribution in [1.82, 2.24) is 19.9 Å². The van der Waals surface area contributed by atoms with Crippen LogP contribution in [0.4, 0.5) is 5.82 Å². The molecule has 0 unspecified atom stereocenters. The third kappa shape index (κ3) is 5.57. The minimum Gasteiger partial charge on any atom is -0.366 e. The van der Waals surface area contributed by atoms with Crippen molar-refractivity contribution in [2.45, 2.75) is 51.6 Å². The van der Waals surface area contributed by atoms with Crippen molar-refractivity contribution in [3.05, 3.63) is 76.9 Å². The maximum absolute atomic E-state index is 12.6. The van der Waals surface area contributed by atoms with Gasteiger partial charge < -0.3 is 10.6 Å². The summed E-state index contributed by atoms with van der Waals surface area (Å²) in [5.41, 5.74) is 5.74. The number of hydrogen-bond donors (Lipinski definition) is 2. The molecule has 1 aliphatic rings. The standard InChI is InChI=1S/C28H31BClN5O/c29-23-18-33-35-26(15-25(34-27(23)35)22-9-5-6-10-24(22)30)31-16-19-11-13-20(14-12-19)17-32-28(36)21-7-3-1-2-4-8-21/h5-6,9-15,18,21,31H,1-4,7-8,16-17,29H2,(H,32,36). The fourth-order valence-electron chi connectivity index (χ4n) is 4.85. The molecule has 0 aliphatic heterocycles. The van der Waals surface area contributed by atoms with Crippen molar-refractivity contribution >= 4 is 42.3 Å². The number of nitrogens with one attached hydrogen (secondary N) is 2. The van der Waals surface area contributed by atoms with Crippen molar-refractivity contribution in [3.8, 4) is 11.3 Å². The second-order valence-electron chi connectivity index (χ2n) is 9.65. The topological polar surface area (TPSA) is 71.3 Å². The second-order valence-corrected chi connectivity index (χ2v) is 10.1. The van der Waals surface area contributed by atoms with Crippen LogP contribution in [0.15, 0.2) is 60.8 Å². The summed E-state index contributed by atoms with van der Waals surface area (Å²) in [5, 5.41) is 11.8. The van der Waals surface area contributed by atoms with Gasteiger partial charge in [0.1, 0.15) is 13.7 Å². The fraction of sp³-hybridized carbons (Fsp3) is 0.321. The van der Waals surface area contributed by atoms with Crippen molar-refractivity contribution in [1.29, 1.82) is 0 Å². The van der Waals surface area contributed by atoms with E-state index in [0.717, 1.165) is 52.2 Å². The average molecular weight is 500 g/mol. The number of amides is 1. The molecule has 6 nitrogen and oxygen atoms in total. The van der Waals surface area contributed by atoms with Gasteiger partial charge in [0.25, 0.3) is 0 Å². The molecule has 184 valence electrons. The van der Waals surface area contributed by atoms with Crippen LogP contribution in [0, 0.1) is 5.92 Å². The maximum Gasteiger partial charge on any atom is 0.223 e. The molecule has 36 heavy (non-hydrogen) atoms. The van der Waals surface area contributed by atoms with Crippen LogP contribution >= 0.6 is 11.6 Å². The second kappa shape index (κ2) is 11.2. The van der Waals surface area contributed by atoms with Gasteiger partial charge in [-0.3, -0.25) is 4.79 Å². The number of nitrogens with zero attached hydrogens (tertiary/aromatic N) is 3. The van der Waals surface area contributed by atoms with E-state index in [1.165, 1.54) is 25.7 Å². The number of rotatable bonds is 7. The molecule has 0 radical (unpaired) electrons. The number of hydrogen-bond acceptors (Lipinski definition) is 4. The molecule has 1 amide bonds. The predicted octanol–water partition coefficient (Wildman–Crippen LogP) is 4.51. The molecule has 2 aromatic heterocycles. The Kier molecular flexibility index (Phi) is 7.56. The van der Waals surface area contributed by atoms with E-state index >= 15 is 0 Å². The molecule has 1 aliphatic carbocycles. The van der Waals surface area contributed by atoms with E-state index in [1.807, 2.05) is 48.9 Å². The van der Waals surface area contributed by atoms with Crippen molar-refractivity contribution in [2.75, 3.05) is 5.32 Å². The number of carbonyl (C=O) groups is 1. The first kappa shape index (κ1) is 24.4. The summed E-state index contributed by atoms with van der Waals surface area (Å²) < 4.78 is 1.83. The van der Waals surface area contributed by atoms with Crippen LogP contribution in [0.25, 0.3) is 16.9 Å². The normalized spacial score (nSPS) is 14.5. The van der Waals surface area contributed by atoms with E-state index in [4.69, 9.17) is 16.6 Å². The quantitative estimate of drug-likeness (QED) is 0.290. The number of fused-ring (bicyclic) bond motifs is 1. The van der Waals surface area contributed by atoms with E-state index in [2.05, 4.69) is 40.0 Å². The van der Waals surface area contributed by atoms with Gasteiger partial charge >= 0.3 is 0 Å². The number of benzene rings is 2. The summed E-state index contributed by atoms with van der Waals surface area (Å²) in [6, 6.07) is 18.1. The minimum atomic E-state index is 0.176. The van der Waals surface area contributed by atoms with Gasteiger partial charge in [0.05, 0.1) is 5.69 Å². The Morgan fingerprint density at radius 3 is 2.42 bits per heavy atom. The molecule has 0 bridgehead atoms. The first-order valence-corrected chi connectivity index (χ1v) is 13.2. The number of halogens is 1. The molecule has 0 spiro atoms. The Balaban J connectivity index is 1.25. The Morgan fingerprint density at radius 1 is 1.00 bits per heavy atom. The van der Waals surface area contributed by atoms with Crippen molar-refractivity contribution < 1.29 is 4.79 Å². The van der Waals surface area contributed by atoms with Crippen LogP contribution in [0.1, 0.15) is 49.7 Å². The summed E-state index contributed by atoms with van der Waals surface area (Å²) in [6.07, 6.45) is 8.71. The third-order valence-corrected chi connectivity index (χ3v) is 7.32. The summed E-state index contributed by atoms with van der Waals surface area (Å²) in [5.74, 6) is 1.23. The van der Waals surface area contributed by atoms with Gasteiger partial charge in [0, 0.05) is 41.9 Å². The Labute approximate surface area is 217 Å². The zero-order chi connectivity index (χ0) is 24.9. The van der Waals surface area contributed by atoms with Crippen molar-refractivity contribution in [2.24, 2.45) is 5.92 Å². The van der Waals surface area contributed by atoms with Crippen LogP contribution in [-0.4, -0.2) is 28.4 Å². The molecule has 8 heteroatoms. The van der Waals surface area contributed by atoms with Crippen LogP contribution in [0.2, 0.25) is 5.02 Å². The largest absolute Gasteiger partial charge is 0.366 e. The van der Waals surface area contributed by atoms with E-state index in [0.29, 0.717) is 18.1 Å². The molecular weight excluding hydrogens is 469 g/mol. The highest BCUT2D eigenvalue weighted by molar-refractivity contribution is 6.36. The van der Waals surface area contributed by atoms with E-state index < -0.39 is 0 Å². The molecule has 4 aromatic rings. The third-order valence-electron chi connectivity index (χ3n) is 6.99. The summed E-state index contributed by atoms with van der Waals surface area (Å²) in [4.78, 5) is 17.4.